The second kappa shape index (κ2) is 14.5. The largest absolute Gasteiger partial charge is 0.481 e. The van der Waals surface area contributed by atoms with Gasteiger partial charge in [0, 0.05) is 31.4 Å². The standard InChI is InChI=1S/C39H45F4N3O5/c1-21(2)10-34(46-18-25(32(16-35(46)47)39(41,42)43)8-9-45-19-29-15-28(45)20-51-29)38(50)44-33(17-36(48)49)26-13-24-6-5-7-30(24)31(14-26)37-22(3)11-27(40)12-23(37)4/h11-14,16,18,21,28-29,33-34H,5-10,15,17,19-20H2,1-4H3,(H,44,50)(H,48,49)/t28-,29-,33-,34+/m0/s1. The normalized spacial score (nSPS) is 19.8. The summed E-state index contributed by atoms with van der Waals surface area (Å²) in [6.45, 7) is 8.86. The molecule has 3 aliphatic rings. The molecule has 12 heteroatoms. The van der Waals surface area contributed by atoms with Gasteiger partial charge in [-0.3, -0.25) is 19.3 Å². The van der Waals surface area contributed by atoms with E-state index in [1.807, 2.05) is 39.8 Å². The van der Waals surface area contributed by atoms with E-state index in [2.05, 4.69) is 10.2 Å². The highest BCUT2D eigenvalue weighted by Gasteiger charge is 2.40. The molecule has 2 aromatic carbocycles. The number of hydrogen-bond acceptors (Lipinski definition) is 5. The van der Waals surface area contributed by atoms with Crippen LogP contribution in [0.4, 0.5) is 17.6 Å². The quantitative estimate of drug-likeness (QED) is 0.203. The molecule has 51 heavy (non-hydrogen) atoms. The molecule has 2 saturated heterocycles. The molecule has 1 aliphatic carbocycles. The molecule has 8 nitrogen and oxygen atoms in total. The molecule has 1 amide bonds. The maximum atomic E-state index is 14.3. The number of carbonyl (C=O) groups is 2. The van der Waals surface area contributed by atoms with E-state index in [0.29, 0.717) is 31.3 Å². The summed E-state index contributed by atoms with van der Waals surface area (Å²) in [6.07, 6.45) is -0.531. The number of hydrogen-bond donors (Lipinski definition) is 2. The zero-order valence-electron chi connectivity index (χ0n) is 29.4. The van der Waals surface area contributed by atoms with Crippen molar-refractivity contribution in [3.8, 4) is 11.1 Å². The second-order valence-electron chi connectivity index (χ2n) is 14.8. The summed E-state index contributed by atoms with van der Waals surface area (Å²) in [7, 11) is 0. The number of pyridine rings is 1. The van der Waals surface area contributed by atoms with Crippen LogP contribution in [0.1, 0.15) is 90.6 Å². The molecule has 0 radical (unpaired) electrons. The third-order valence-electron chi connectivity index (χ3n) is 10.6. The number of aryl methyl sites for hydroxylation is 3. The van der Waals surface area contributed by atoms with Gasteiger partial charge in [-0.2, -0.15) is 13.2 Å². The number of carboxylic acid groups (broad SMARTS) is 1. The average Bonchev–Trinajstić information content (AvgIpc) is 3.79. The third-order valence-corrected chi connectivity index (χ3v) is 10.6. The number of carboxylic acids is 1. The lowest BCUT2D eigenvalue weighted by Gasteiger charge is -2.28. The number of morpholine rings is 1. The minimum atomic E-state index is -4.77. The van der Waals surface area contributed by atoms with Crippen LogP contribution in [0.3, 0.4) is 0 Å². The molecule has 274 valence electrons. The Morgan fingerprint density at radius 3 is 2.41 bits per heavy atom. The Hall–Kier alpha value is -4.03. The number of aliphatic carboxylic acids is 1. The van der Waals surface area contributed by atoms with E-state index >= 15 is 0 Å². The fourth-order valence-electron chi connectivity index (χ4n) is 8.29. The van der Waals surface area contributed by atoms with Crippen LogP contribution >= 0.6 is 0 Å². The third kappa shape index (κ3) is 7.91. The fraction of sp³-hybridized carbons (Fsp3) is 0.513. The first-order valence-corrected chi connectivity index (χ1v) is 17.7. The van der Waals surface area contributed by atoms with Crippen molar-refractivity contribution in [2.24, 2.45) is 5.92 Å². The number of benzene rings is 2. The van der Waals surface area contributed by atoms with E-state index in [1.54, 1.807) is 0 Å². The molecule has 3 aromatic rings. The van der Waals surface area contributed by atoms with Crippen LogP contribution < -0.4 is 10.9 Å². The van der Waals surface area contributed by atoms with Gasteiger partial charge in [0.2, 0.25) is 5.91 Å². The number of alkyl halides is 3. The summed E-state index contributed by atoms with van der Waals surface area (Å²) < 4.78 is 63.7. The van der Waals surface area contributed by atoms with Crippen LogP contribution in [0.2, 0.25) is 0 Å². The van der Waals surface area contributed by atoms with Crippen molar-refractivity contribution in [1.29, 1.82) is 0 Å². The van der Waals surface area contributed by atoms with E-state index in [4.69, 9.17) is 4.74 Å². The van der Waals surface area contributed by atoms with Gasteiger partial charge < -0.3 is 19.7 Å². The number of aromatic nitrogens is 1. The first-order chi connectivity index (χ1) is 24.1. The Morgan fingerprint density at radius 2 is 1.80 bits per heavy atom. The summed E-state index contributed by atoms with van der Waals surface area (Å²) in [5, 5.41) is 12.8. The maximum absolute atomic E-state index is 14.3. The van der Waals surface area contributed by atoms with Crippen LogP contribution in [-0.4, -0.2) is 58.3 Å². The molecular formula is C39H45F4N3O5. The zero-order chi connectivity index (χ0) is 36.8. The Morgan fingerprint density at radius 1 is 1.08 bits per heavy atom. The number of carbonyl (C=O) groups excluding carboxylic acids is 1. The molecule has 6 rings (SSSR count). The Bertz CT molecular complexity index is 1860. The Balaban J connectivity index is 1.36. The summed E-state index contributed by atoms with van der Waals surface area (Å²) in [4.78, 5) is 42.0. The molecule has 0 saturated carbocycles. The SMILES string of the molecule is Cc1cc(F)cc(C)c1-c1cc([C@H](CC(=O)O)NC(=O)[C@@H](CC(C)C)n2cc(CCN3C[C@@H]4C[C@H]3CO4)c(C(F)(F)F)cc2=O)cc2c1CCC2. The predicted molar refractivity (Wildman–Crippen MR) is 184 cm³/mol. The number of nitrogens with zero attached hydrogens (tertiary/aromatic N) is 2. The molecule has 2 N–H and O–H groups in total. The maximum Gasteiger partial charge on any atom is 0.416 e. The van der Waals surface area contributed by atoms with Gasteiger partial charge in [0.1, 0.15) is 11.9 Å². The van der Waals surface area contributed by atoms with E-state index in [1.165, 1.54) is 18.3 Å². The number of rotatable bonds is 12. The van der Waals surface area contributed by atoms with Gasteiger partial charge in [-0.1, -0.05) is 19.9 Å². The highest BCUT2D eigenvalue weighted by molar-refractivity contribution is 5.82. The monoisotopic (exact) mass is 711 g/mol. The number of amides is 1. The number of fused-ring (bicyclic) bond motifs is 3. The van der Waals surface area contributed by atoms with Crippen molar-refractivity contribution in [2.75, 3.05) is 19.7 Å². The van der Waals surface area contributed by atoms with Crippen molar-refractivity contribution >= 4 is 11.9 Å². The minimum absolute atomic E-state index is 0.0239. The molecule has 0 unspecified atom stereocenters. The molecular weight excluding hydrogens is 666 g/mol. The lowest BCUT2D eigenvalue weighted by Crippen LogP contribution is -2.41. The number of likely N-dealkylation sites (tertiary alicyclic amines) is 1. The molecule has 3 heterocycles. The van der Waals surface area contributed by atoms with Crippen LogP contribution in [-0.2, 0) is 39.8 Å². The first kappa shape index (κ1) is 36.8. The summed E-state index contributed by atoms with van der Waals surface area (Å²) in [5.41, 5.74) is 3.80. The predicted octanol–water partition coefficient (Wildman–Crippen LogP) is 6.71. The Labute approximate surface area is 294 Å². The molecule has 2 fully saturated rings. The lowest BCUT2D eigenvalue weighted by molar-refractivity contribution is -0.139. The fourth-order valence-corrected chi connectivity index (χ4v) is 8.29. The van der Waals surface area contributed by atoms with Gasteiger partial charge in [-0.15, -0.1) is 0 Å². The van der Waals surface area contributed by atoms with Gasteiger partial charge in [-0.05, 0) is 121 Å². The van der Waals surface area contributed by atoms with Crippen molar-refractivity contribution < 1.29 is 37.0 Å². The first-order valence-electron chi connectivity index (χ1n) is 17.7. The average molecular weight is 712 g/mol. The molecule has 2 bridgehead atoms. The van der Waals surface area contributed by atoms with Gasteiger partial charge in [0.05, 0.1) is 30.7 Å². The summed E-state index contributed by atoms with van der Waals surface area (Å²) in [5.74, 6) is -2.31. The van der Waals surface area contributed by atoms with Crippen LogP contribution in [0.5, 0.6) is 0 Å². The van der Waals surface area contributed by atoms with Gasteiger partial charge in [-0.25, -0.2) is 4.39 Å². The van der Waals surface area contributed by atoms with Gasteiger partial charge in [0.25, 0.3) is 5.56 Å². The van der Waals surface area contributed by atoms with E-state index in [9.17, 15) is 37.1 Å². The lowest BCUT2D eigenvalue weighted by atomic mass is 9.87. The van der Waals surface area contributed by atoms with Crippen molar-refractivity contribution in [3.05, 3.63) is 91.6 Å². The molecule has 1 aromatic heterocycles. The van der Waals surface area contributed by atoms with E-state index in [-0.39, 0.29) is 42.3 Å². The molecule has 2 aliphatic heterocycles. The highest BCUT2D eigenvalue weighted by atomic mass is 19.4. The number of halogens is 4. The van der Waals surface area contributed by atoms with E-state index in [0.717, 1.165) is 63.6 Å². The van der Waals surface area contributed by atoms with Crippen LogP contribution in [0.15, 0.2) is 41.3 Å². The topological polar surface area (TPSA) is 101 Å². The zero-order valence-corrected chi connectivity index (χ0v) is 29.4. The smallest absolute Gasteiger partial charge is 0.416 e. The Kier molecular flexibility index (Phi) is 10.5. The number of ether oxygens (including phenoxy) is 1. The van der Waals surface area contributed by atoms with Gasteiger partial charge in [0.15, 0.2) is 0 Å². The number of nitrogens with one attached hydrogen (secondary N) is 1. The second-order valence-corrected chi connectivity index (χ2v) is 14.8. The van der Waals surface area contributed by atoms with Crippen molar-refractivity contribution in [2.45, 2.75) is 103 Å². The molecule has 0 spiro atoms. The van der Waals surface area contributed by atoms with Gasteiger partial charge >= 0.3 is 12.1 Å². The molecule has 4 atom stereocenters. The van der Waals surface area contributed by atoms with Crippen LogP contribution in [0, 0.1) is 25.6 Å². The van der Waals surface area contributed by atoms with Crippen molar-refractivity contribution in [1.82, 2.24) is 14.8 Å². The van der Waals surface area contributed by atoms with E-state index < -0.39 is 47.7 Å². The highest BCUT2D eigenvalue weighted by Crippen LogP contribution is 2.39. The summed E-state index contributed by atoms with van der Waals surface area (Å²) in [6, 6.07) is 5.21. The minimum Gasteiger partial charge on any atom is -0.481 e. The van der Waals surface area contributed by atoms with Crippen LogP contribution in [0.25, 0.3) is 11.1 Å². The van der Waals surface area contributed by atoms with Crippen molar-refractivity contribution in [3.63, 3.8) is 0 Å². The summed E-state index contributed by atoms with van der Waals surface area (Å²) >= 11 is 0.